The van der Waals surface area contributed by atoms with E-state index in [1.54, 1.807) is 17.4 Å². The van der Waals surface area contributed by atoms with Gasteiger partial charge in [-0.15, -0.1) is 22.7 Å². The fourth-order valence-corrected chi connectivity index (χ4v) is 3.99. The molecule has 0 spiro atoms. The molecule has 24 heavy (non-hydrogen) atoms. The van der Waals surface area contributed by atoms with Crippen LogP contribution in [0.5, 0.6) is 0 Å². The fraction of sp³-hybridized carbons (Fsp3) is 0.222. The van der Waals surface area contributed by atoms with Gasteiger partial charge >= 0.3 is 5.97 Å². The number of aromatic nitrogens is 1. The Bertz CT molecular complexity index is 796. The maximum Gasteiger partial charge on any atom is 0.348 e. The zero-order chi connectivity index (χ0) is 16.8. The van der Waals surface area contributed by atoms with Crippen LogP contribution in [-0.4, -0.2) is 24.6 Å². The molecular formula is C18H18N2O2S2. The third-order valence-electron chi connectivity index (χ3n) is 3.51. The van der Waals surface area contributed by atoms with Crippen LogP contribution >= 0.6 is 22.7 Å². The van der Waals surface area contributed by atoms with Crippen molar-refractivity contribution in [1.82, 2.24) is 4.98 Å². The topological polar surface area (TPSA) is 51.2 Å². The molecule has 0 fully saturated rings. The Morgan fingerprint density at radius 2 is 2.04 bits per heavy atom. The van der Waals surface area contributed by atoms with Crippen molar-refractivity contribution in [1.29, 1.82) is 0 Å². The van der Waals surface area contributed by atoms with E-state index >= 15 is 0 Å². The lowest BCUT2D eigenvalue weighted by atomic mass is 10.1. The average Bonchev–Trinajstić information content (AvgIpc) is 3.28. The molecule has 0 bridgehead atoms. The first-order valence-corrected chi connectivity index (χ1v) is 9.38. The molecule has 0 aliphatic heterocycles. The molecule has 0 amide bonds. The van der Waals surface area contributed by atoms with Gasteiger partial charge in [0.25, 0.3) is 0 Å². The lowest BCUT2D eigenvalue weighted by Gasteiger charge is -2.02. The predicted octanol–water partition coefficient (Wildman–Crippen LogP) is 4.70. The number of carbonyl (C=O) groups is 1. The maximum atomic E-state index is 11.5. The number of thiazole rings is 1. The van der Waals surface area contributed by atoms with Crippen LogP contribution in [0.25, 0.3) is 10.6 Å². The lowest BCUT2D eigenvalue weighted by molar-refractivity contribution is 0.0606. The van der Waals surface area contributed by atoms with Gasteiger partial charge in [-0.1, -0.05) is 30.3 Å². The largest absolute Gasteiger partial charge is 0.465 e. The second-order valence-electron chi connectivity index (χ2n) is 5.21. The van der Waals surface area contributed by atoms with Gasteiger partial charge < -0.3 is 10.1 Å². The van der Waals surface area contributed by atoms with E-state index < -0.39 is 0 Å². The molecule has 1 aromatic carbocycles. The van der Waals surface area contributed by atoms with E-state index in [1.165, 1.54) is 24.0 Å². The van der Waals surface area contributed by atoms with Crippen molar-refractivity contribution < 1.29 is 9.53 Å². The van der Waals surface area contributed by atoms with Crippen molar-refractivity contribution in [3.05, 3.63) is 58.3 Å². The predicted molar refractivity (Wildman–Crippen MR) is 100 cm³/mol. The van der Waals surface area contributed by atoms with E-state index in [-0.39, 0.29) is 5.97 Å². The number of hydrogen-bond acceptors (Lipinski definition) is 6. The number of hydrogen-bond donors (Lipinski definition) is 1. The molecule has 0 saturated carbocycles. The molecule has 3 rings (SSSR count). The molecule has 0 radical (unpaired) electrons. The van der Waals surface area contributed by atoms with Gasteiger partial charge in [-0.3, -0.25) is 0 Å². The number of nitrogens with zero attached hydrogens (tertiary/aromatic N) is 1. The Balaban J connectivity index is 1.52. The van der Waals surface area contributed by atoms with Gasteiger partial charge in [-0.2, -0.15) is 0 Å². The number of aryl methyl sites for hydroxylation is 1. The van der Waals surface area contributed by atoms with Gasteiger partial charge in [0.15, 0.2) is 5.13 Å². The average molecular weight is 358 g/mol. The first kappa shape index (κ1) is 16.7. The van der Waals surface area contributed by atoms with Gasteiger partial charge in [-0.25, -0.2) is 9.78 Å². The van der Waals surface area contributed by atoms with Gasteiger partial charge in [0.2, 0.25) is 0 Å². The number of nitrogens with one attached hydrogen (secondary N) is 1. The molecule has 124 valence electrons. The van der Waals surface area contributed by atoms with Crippen LogP contribution in [0.4, 0.5) is 5.13 Å². The number of thiophene rings is 1. The van der Waals surface area contributed by atoms with Gasteiger partial charge in [0.1, 0.15) is 4.88 Å². The number of carbonyl (C=O) groups excluding carboxylic acids is 1. The summed E-state index contributed by atoms with van der Waals surface area (Å²) in [6.45, 7) is 0.889. The molecule has 2 aromatic heterocycles. The maximum absolute atomic E-state index is 11.5. The van der Waals surface area contributed by atoms with Crippen molar-refractivity contribution in [3.8, 4) is 10.6 Å². The fourth-order valence-electron chi connectivity index (χ4n) is 2.29. The van der Waals surface area contributed by atoms with E-state index in [1.807, 2.05) is 17.5 Å². The highest BCUT2D eigenvalue weighted by Gasteiger charge is 2.12. The van der Waals surface area contributed by atoms with E-state index in [4.69, 9.17) is 4.74 Å². The number of benzene rings is 1. The molecule has 4 nitrogen and oxygen atoms in total. The van der Waals surface area contributed by atoms with Crippen molar-refractivity contribution in [3.63, 3.8) is 0 Å². The number of ether oxygens (including phenoxy) is 1. The Morgan fingerprint density at radius 1 is 1.21 bits per heavy atom. The molecule has 0 atom stereocenters. The molecular weight excluding hydrogens is 340 g/mol. The van der Waals surface area contributed by atoms with Crippen LogP contribution in [0.2, 0.25) is 0 Å². The van der Waals surface area contributed by atoms with Crippen molar-refractivity contribution >= 4 is 33.8 Å². The minimum Gasteiger partial charge on any atom is -0.465 e. The normalized spacial score (nSPS) is 10.5. The highest BCUT2D eigenvalue weighted by atomic mass is 32.1. The highest BCUT2D eigenvalue weighted by Crippen LogP contribution is 2.31. The van der Waals surface area contributed by atoms with Crippen molar-refractivity contribution in [2.75, 3.05) is 19.0 Å². The lowest BCUT2D eigenvalue weighted by Crippen LogP contribution is -2.02. The van der Waals surface area contributed by atoms with Crippen LogP contribution in [0.15, 0.2) is 47.8 Å². The van der Waals surface area contributed by atoms with Gasteiger partial charge in [0, 0.05) is 11.9 Å². The van der Waals surface area contributed by atoms with Crippen LogP contribution in [0.3, 0.4) is 0 Å². The summed E-state index contributed by atoms with van der Waals surface area (Å²) in [5.74, 6) is -0.305. The minimum atomic E-state index is -0.305. The van der Waals surface area contributed by atoms with Crippen LogP contribution in [0.1, 0.15) is 21.7 Å². The van der Waals surface area contributed by atoms with E-state index in [9.17, 15) is 4.79 Å². The van der Waals surface area contributed by atoms with Gasteiger partial charge in [-0.05, 0) is 30.5 Å². The van der Waals surface area contributed by atoms with E-state index in [0.29, 0.717) is 4.88 Å². The highest BCUT2D eigenvalue weighted by molar-refractivity contribution is 7.18. The first-order valence-electron chi connectivity index (χ1n) is 7.68. The third kappa shape index (κ3) is 4.21. The number of methoxy groups -OCH3 is 1. The van der Waals surface area contributed by atoms with Crippen molar-refractivity contribution in [2.24, 2.45) is 0 Å². The molecule has 0 saturated heterocycles. The van der Waals surface area contributed by atoms with E-state index in [0.717, 1.165) is 35.1 Å². The summed E-state index contributed by atoms with van der Waals surface area (Å²) in [5, 5.41) is 6.28. The number of rotatable bonds is 7. The molecule has 3 aromatic rings. The quantitative estimate of drug-likeness (QED) is 0.491. The molecule has 0 aliphatic rings. The van der Waals surface area contributed by atoms with Crippen LogP contribution in [0, 0.1) is 0 Å². The molecule has 0 unspecified atom stereocenters. The van der Waals surface area contributed by atoms with Crippen molar-refractivity contribution in [2.45, 2.75) is 12.8 Å². The zero-order valence-corrected chi connectivity index (χ0v) is 15.0. The van der Waals surface area contributed by atoms with Crippen LogP contribution in [-0.2, 0) is 11.2 Å². The van der Waals surface area contributed by atoms with Crippen LogP contribution < -0.4 is 5.32 Å². The smallest absolute Gasteiger partial charge is 0.348 e. The Hall–Kier alpha value is -2.18. The summed E-state index contributed by atoms with van der Waals surface area (Å²) < 4.78 is 4.73. The number of anilines is 1. The summed E-state index contributed by atoms with van der Waals surface area (Å²) >= 11 is 2.98. The SMILES string of the molecule is COC(=O)c1ccc(-c2csc(NCCCc3ccccc3)n2)s1. The Labute approximate surface area is 149 Å². The second-order valence-corrected chi connectivity index (χ2v) is 7.15. The summed E-state index contributed by atoms with van der Waals surface area (Å²) in [7, 11) is 1.39. The third-order valence-corrected chi connectivity index (χ3v) is 5.40. The zero-order valence-electron chi connectivity index (χ0n) is 13.3. The first-order chi connectivity index (χ1) is 11.8. The summed E-state index contributed by atoms with van der Waals surface area (Å²) in [4.78, 5) is 17.7. The summed E-state index contributed by atoms with van der Waals surface area (Å²) in [6.07, 6.45) is 2.11. The Morgan fingerprint density at radius 3 is 2.83 bits per heavy atom. The molecule has 6 heteroatoms. The minimum absolute atomic E-state index is 0.305. The standard InChI is InChI=1S/C18H18N2O2S2/c1-22-17(21)16-10-9-15(24-16)14-12-23-18(20-14)19-11-5-8-13-6-3-2-4-7-13/h2-4,6-7,9-10,12H,5,8,11H2,1H3,(H,19,20). The summed E-state index contributed by atoms with van der Waals surface area (Å²) in [5.41, 5.74) is 2.25. The van der Waals surface area contributed by atoms with E-state index in [2.05, 4.69) is 34.6 Å². The molecule has 0 aliphatic carbocycles. The monoisotopic (exact) mass is 358 g/mol. The van der Waals surface area contributed by atoms with Gasteiger partial charge in [0.05, 0.1) is 17.7 Å². The number of esters is 1. The molecule has 1 N–H and O–H groups in total. The molecule has 2 heterocycles. The summed E-state index contributed by atoms with van der Waals surface area (Å²) in [6, 6.07) is 14.2. The second kappa shape index (κ2) is 8.08. The Kier molecular flexibility index (Phi) is 5.61.